The van der Waals surface area contributed by atoms with Gasteiger partial charge >= 0.3 is 0 Å². The van der Waals surface area contributed by atoms with Crippen LogP contribution in [-0.4, -0.2) is 25.9 Å². The lowest BCUT2D eigenvalue weighted by Gasteiger charge is -2.20. The number of hydrogen-bond donors (Lipinski definition) is 1. The summed E-state index contributed by atoms with van der Waals surface area (Å²) in [5.74, 6) is -0.212. The van der Waals surface area contributed by atoms with E-state index in [1.165, 1.54) is 13.0 Å². The van der Waals surface area contributed by atoms with E-state index >= 15 is 0 Å². The molecule has 0 aliphatic heterocycles. The highest BCUT2D eigenvalue weighted by Crippen LogP contribution is 2.27. The number of anilines is 1. The van der Waals surface area contributed by atoms with Crippen molar-refractivity contribution < 1.29 is 9.59 Å². The van der Waals surface area contributed by atoms with Gasteiger partial charge in [0.25, 0.3) is 5.56 Å². The predicted molar refractivity (Wildman–Crippen MR) is 116 cm³/mol. The van der Waals surface area contributed by atoms with Crippen molar-refractivity contribution in [2.45, 2.75) is 33.2 Å². The van der Waals surface area contributed by atoms with Gasteiger partial charge in [-0.1, -0.05) is 19.1 Å². The summed E-state index contributed by atoms with van der Waals surface area (Å²) in [6.45, 7) is 5.27. The Bertz CT molecular complexity index is 1330. The van der Waals surface area contributed by atoms with Gasteiger partial charge in [0, 0.05) is 28.4 Å². The van der Waals surface area contributed by atoms with Crippen LogP contribution in [-0.2, 0) is 4.79 Å². The summed E-state index contributed by atoms with van der Waals surface area (Å²) in [6, 6.07) is 15.4. The van der Waals surface area contributed by atoms with E-state index in [1.54, 1.807) is 24.3 Å². The summed E-state index contributed by atoms with van der Waals surface area (Å²) in [4.78, 5) is 40.9. The number of nitrogens with one attached hydrogen (secondary N) is 1. The standard InChI is InChI=1S/C23H22N4O3/c1-4-19(23(30)24-17-11-9-16(10-12-17)15(3)28)27-20-8-6-5-7-18(20)22-25-21(29)13-14(2)26(22)27/h5-13,19H,4H2,1-3H3,(H,24,30)/t19-/m0/s1. The lowest BCUT2D eigenvalue weighted by atomic mass is 10.1. The Labute approximate surface area is 172 Å². The first-order valence-corrected chi connectivity index (χ1v) is 9.82. The Balaban J connectivity index is 1.81. The molecule has 4 aromatic rings. The quantitative estimate of drug-likeness (QED) is 0.515. The van der Waals surface area contributed by atoms with Gasteiger partial charge in [0.15, 0.2) is 11.4 Å². The van der Waals surface area contributed by atoms with E-state index in [9.17, 15) is 14.4 Å². The van der Waals surface area contributed by atoms with Gasteiger partial charge in [-0.3, -0.25) is 19.1 Å². The number of carbonyl (C=O) groups excluding carboxylic acids is 2. The maximum Gasteiger partial charge on any atom is 0.273 e. The van der Waals surface area contributed by atoms with Crippen molar-refractivity contribution in [2.24, 2.45) is 0 Å². The first kappa shape index (κ1) is 19.6. The first-order chi connectivity index (χ1) is 14.4. The van der Waals surface area contributed by atoms with Gasteiger partial charge in [-0.05, 0) is 56.7 Å². The minimum absolute atomic E-state index is 0.0262. The predicted octanol–water partition coefficient (Wildman–Crippen LogP) is 3.75. The van der Waals surface area contributed by atoms with Gasteiger partial charge in [-0.15, -0.1) is 0 Å². The lowest BCUT2D eigenvalue weighted by Crippen LogP contribution is -2.29. The molecule has 7 nitrogen and oxygen atoms in total. The van der Waals surface area contributed by atoms with Gasteiger partial charge < -0.3 is 5.32 Å². The summed E-state index contributed by atoms with van der Waals surface area (Å²) in [5, 5.41) is 3.76. The molecule has 0 fully saturated rings. The highest BCUT2D eigenvalue weighted by Gasteiger charge is 2.25. The van der Waals surface area contributed by atoms with Gasteiger partial charge in [0.1, 0.15) is 6.04 Å². The van der Waals surface area contributed by atoms with Crippen LogP contribution >= 0.6 is 0 Å². The molecule has 7 heteroatoms. The van der Waals surface area contributed by atoms with E-state index in [1.807, 2.05) is 47.3 Å². The average molecular weight is 402 g/mol. The van der Waals surface area contributed by atoms with Gasteiger partial charge in [0.05, 0.1) is 5.52 Å². The largest absolute Gasteiger partial charge is 0.324 e. The van der Waals surface area contributed by atoms with Crippen LogP contribution in [0, 0.1) is 6.92 Å². The highest BCUT2D eigenvalue weighted by molar-refractivity contribution is 5.98. The molecule has 0 spiro atoms. The third-order valence-electron chi connectivity index (χ3n) is 5.23. The molecule has 0 aliphatic carbocycles. The Morgan fingerprint density at radius 2 is 1.80 bits per heavy atom. The fourth-order valence-electron chi connectivity index (χ4n) is 3.80. The zero-order chi connectivity index (χ0) is 21.4. The lowest BCUT2D eigenvalue weighted by molar-refractivity contribution is -0.119. The second kappa shape index (κ2) is 7.59. The second-order valence-corrected chi connectivity index (χ2v) is 7.28. The van der Waals surface area contributed by atoms with Crippen LogP contribution in [0.4, 0.5) is 5.69 Å². The average Bonchev–Trinajstić information content (AvgIpc) is 3.04. The molecule has 0 saturated carbocycles. The molecule has 0 radical (unpaired) electrons. The monoisotopic (exact) mass is 402 g/mol. The number of nitrogens with zero attached hydrogens (tertiary/aromatic N) is 3. The first-order valence-electron chi connectivity index (χ1n) is 9.82. The summed E-state index contributed by atoms with van der Waals surface area (Å²) >= 11 is 0. The molecule has 2 aromatic carbocycles. The van der Waals surface area contributed by atoms with Crippen LogP contribution in [0.25, 0.3) is 16.6 Å². The van der Waals surface area contributed by atoms with Gasteiger partial charge in [-0.2, -0.15) is 4.98 Å². The molecule has 4 rings (SSSR count). The van der Waals surface area contributed by atoms with Crippen LogP contribution in [0.15, 0.2) is 59.4 Å². The van der Waals surface area contributed by atoms with Crippen LogP contribution in [0.5, 0.6) is 0 Å². The summed E-state index contributed by atoms with van der Waals surface area (Å²) in [7, 11) is 0. The van der Waals surface area contributed by atoms with Crippen LogP contribution in [0.3, 0.4) is 0 Å². The molecule has 0 aliphatic rings. The third-order valence-corrected chi connectivity index (χ3v) is 5.23. The molecule has 0 saturated heterocycles. The topological polar surface area (TPSA) is 85.5 Å². The highest BCUT2D eigenvalue weighted by atomic mass is 16.2. The number of para-hydroxylation sites is 1. The number of carbonyl (C=O) groups is 2. The van der Waals surface area contributed by atoms with Crippen molar-refractivity contribution >= 4 is 33.9 Å². The van der Waals surface area contributed by atoms with Gasteiger partial charge in [-0.25, -0.2) is 4.52 Å². The number of hydrogen-bond acceptors (Lipinski definition) is 4. The number of benzene rings is 2. The second-order valence-electron chi connectivity index (χ2n) is 7.28. The Morgan fingerprint density at radius 1 is 1.10 bits per heavy atom. The van der Waals surface area contributed by atoms with Gasteiger partial charge in [0.2, 0.25) is 5.91 Å². The maximum absolute atomic E-state index is 13.2. The molecule has 1 atom stereocenters. The van der Waals surface area contributed by atoms with Crippen LogP contribution in [0.1, 0.15) is 42.4 Å². The zero-order valence-corrected chi connectivity index (χ0v) is 17.0. The van der Waals surface area contributed by atoms with Crippen LogP contribution in [0.2, 0.25) is 0 Å². The van der Waals surface area contributed by atoms with Crippen LogP contribution < -0.4 is 10.9 Å². The number of aromatic nitrogens is 3. The maximum atomic E-state index is 13.2. The smallest absolute Gasteiger partial charge is 0.273 e. The van der Waals surface area contributed by atoms with E-state index in [-0.39, 0.29) is 17.2 Å². The Morgan fingerprint density at radius 3 is 2.47 bits per heavy atom. The molecule has 2 heterocycles. The number of aryl methyl sites for hydroxylation is 1. The number of fused-ring (bicyclic) bond motifs is 3. The Kier molecular flexibility index (Phi) is 4.95. The minimum Gasteiger partial charge on any atom is -0.324 e. The molecule has 0 bridgehead atoms. The molecule has 2 aromatic heterocycles. The van der Waals surface area contributed by atoms with E-state index in [4.69, 9.17) is 0 Å². The normalized spacial score (nSPS) is 12.2. The summed E-state index contributed by atoms with van der Waals surface area (Å²) in [6.07, 6.45) is 0.538. The zero-order valence-electron chi connectivity index (χ0n) is 17.0. The molecule has 1 N–H and O–H groups in total. The van der Waals surface area contributed by atoms with E-state index in [0.29, 0.717) is 29.0 Å². The molecular formula is C23H22N4O3. The summed E-state index contributed by atoms with van der Waals surface area (Å²) < 4.78 is 3.73. The number of amides is 1. The van der Waals surface area contributed by atoms with Crippen molar-refractivity contribution in [3.05, 3.63) is 76.2 Å². The van der Waals surface area contributed by atoms with Crippen molar-refractivity contribution in [1.82, 2.24) is 14.2 Å². The SMILES string of the molecule is CC[C@@H](C(=O)Nc1ccc(C(C)=O)cc1)n1c2ccccc2c2nc(=O)cc(C)n21. The van der Waals surface area contributed by atoms with E-state index in [2.05, 4.69) is 10.3 Å². The van der Waals surface area contributed by atoms with Crippen molar-refractivity contribution in [3.8, 4) is 0 Å². The van der Waals surface area contributed by atoms with Crippen molar-refractivity contribution in [3.63, 3.8) is 0 Å². The molecule has 152 valence electrons. The number of ketones is 1. The molecule has 0 unspecified atom stereocenters. The number of rotatable bonds is 5. The fourth-order valence-corrected chi connectivity index (χ4v) is 3.80. The van der Waals surface area contributed by atoms with E-state index < -0.39 is 6.04 Å². The van der Waals surface area contributed by atoms with E-state index in [0.717, 1.165) is 10.9 Å². The number of Topliss-reactive ketones (excluding diaryl/α,β-unsaturated/α-hetero) is 1. The van der Waals surface area contributed by atoms with Crippen molar-refractivity contribution in [1.29, 1.82) is 0 Å². The Hall–Kier alpha value is -3.74. The molecular weight excluding hydrogens is 380 g/mol. The van der Waals surface area contributed by atoms with Crippen molar-refractivity contribution in [2.75, 3.05) is 5.32 Å². The molecule has 30 heavy (non-hydrogen) atoms. The third kappa shape index (κ3) is 3.28. The fraction of sp³-hybridized carbons (Fsp3) is 0.217. The minimum atomic E-state index is -0.525. The summed E-state index contributed by atoms with van der Waals surface area (Å²) in [5.41, 5.74) is 2.97. The molecule has 1 amide bonds.